The lowest BCUT2D eigenvalue weighted by Gasteiger charge is -1.98. The first-order chi connectivity index (χ1) is 6.36. The van der Waals surface area contributed by atoms with Gasteiger partial charge >= 0.3 is 0 Å². The molecule has 2 N–H and O–H groups in total. The van der Waals surface area contributed by atoms with Crippen molar-refractivity contribution in [3.63, 3.8) is 0 Å². The van der Waals surface area contributed by atoms with E-state index in [1.165, 1.54) is 24.0 Å². The van der Waals surface area contributed by atoms with Crippen LogP contribution < -0.4 is 5.73 Å². The Kier molecular flexibility index (Phi) is 4.27. The summed E-state index contributed by atoms with van der Waals surface area (Å²) in [5.74, 6) is 0. The molecule has 1 aromatic rings. The number of aryl methyl sites for hydroxylation is 1. The molecule has 0 heterocycles. The summed E-state index contributed by atoms with van der Waals surface area (Å²) in [6, 6.07) is 8.63. The summed E-state index contributed by atoms with van der Waals surface area (Å²) in [7, 11) is 0. The molecule has 0 aliphatic rings. The van der Waals surface area contributed by atoms with Gasteiger partial charge in [-0.25, -0.2) is 0 Å². The molecular weight excluding hydrogens is 158 g/mol. The number of rotatable bonds is 4. The van der Waals surface area contributed by atoms with Crippen LogP contribution in [0.2, 0.25) is 0 Å². The molecular formula is C12H17N. The Morgan fingerprint density at radius 1 is 1.23 bits per heavy atom. The van der Waals surface area contributed by atoms with E-state index in [4.69, 9.17) is 5.73 Å². The van der Waals surface area contributed by atoms with E-state index in [0.29, 0.717) is 6.54 Å². The largest absolute Gasteiger partial charge is 0.327 e. The highest BCUT2D eigenvalue weighted by Gasteiger charge is 1.90. The molecule has 0 radical (unpaired) electrons. The fourth-order valence-electron chi connectivity index (χ4n) is 1.29. The maximum absolute atomic E-state index is 5.37. The van der Waals surface area contributed by atoms with Crippen molar-refractivity contribution in [2.24, 2.45) is 5.73 Å². The van der Waals surface area contributed by atoms with E-state index < -0.39 is 0 Å². The van der Waals surface area contributed by atoms with Crippen molar-refractivity contribution in [2.45, 2.75) is 19.8 Å². The molecule has 1 aromatic carbocycles. The van der Waals surface area contributed by atoms with E-state index >= 15 is 0 Å². The van der Waals surface area contributed by atoms with Gasteiger partial charge in [-0.3, -0.25) is 0 Å². The van der Waals surface area contributed by atoms with Crippen molar-refractivity contribution in [3.8, 4) is 0 Å². The summed E-state index contributed by atoms with van der Waals surface area (Å²) in [4.78, 5) is 0. The summed E-state index contributed by atoms with van der Waals surface area (Å²) >= 11 is 0. The van der Waals surface area contributed by atoms with Gasteiger partial charge in [0.25, 0.3) is 0 Å². The monoisotopic (exact) mass is 175 g/mol. The van der Waals surface area contributed by atoms with Gasteiger partial charge in [-0.15, -0.1) is 0 Å². The topological polar surface area (TPSA) is 26.0 Å². The third kappa shape index (κ3) is 3.43. The first kappa shape index (κ1) is 10.0. The lowest BCUT2D eigenvalue weighted by molar-refractivity contribution is 0.922. The molecule has 1 heteroatoms. The van der Waals surface area contributed by atoms with Crippen LogP contribution >= 0.6 is 0 Å². The van der Waals surface area contributed by atoms with Crippen LogP contribution in [0, 0.1) is 0 Å². The molecule has 0 saturated carbocycles. The van der Waals surface area contributed by atoms with Gasteiger partial charge in [-0.1, -0.05) is 49.8 Å². The molecule has 0 fully saturated rings. The fraction of sp³-hybridized carbons (Fsp3) is 0.333. The molecule has 70 valence electrons. The van der Waals surface area contributed by atoms with Crippen LogP contribution in [0.15, 0.2) is 30.3 Å². The van der Waals surface area contributed by atoms with E-state index in [9.17, 15) is 0 Å². The highest BCUT2D eigenvalue weighted by molar-refractivity contribution is 5.49. The maximum Gasteiger partial charge on any atom is 0.0110 e. The minimum absolute atomic E-state index is 0.608. The number of nitrogens with two attached hydrogens (primary N) is 1. The Balaban J connectivity index is 2.64. The number of benzene rings is 1. The van der Waals surface area contributed by atoms with Crippen LogP contribution in [0.25, 0.3) is 6.08 Å². The van der Waals surface area contributed by atoms with Crippen molar-refractivity contribution in [3.05, 3.63) is 41.5 Å². The zero-order chi connectivity index (χ0) is 9.52. The molecule has 1 rings (SSSR count). The summed E-state index contributed by atoms with van der Waals surface area (Å²) in [6.45, 7) is 2.80. The second-order valence-corrected chi connectivity index (χ2v) is 3.13. The Bertz CT molecular complexity index is 259. The second-order valence-electron chi connectivity index (χ2n) is 3.13. The van der Waals surface area contributed by atoms with Crippen LogP contribution in [0.3, 0.4) is 0 Å². The Morgan fingerprint density at radius 3 is 2.46 bits per heavy atom. The molecule has 0 spiro atoms. The summed E-state index contributed by atoms with van der Waals surface area (Å²) in [5.41, 5.74) is 8.00. The molecule has 0 atom stereocenters. The van der Waals surface area contributed by atoms with E-state index in [2.05, 4.69) is 37.3 Å². The van der Waals surface area contributed by atoms with Crippen LogP contribution in [-0.2, 0) is 6.42 Å². The molecule has 0 bridgehead atoms. The van der Waals surface area contributed by atoms with Crippen LogP contribution in [0.1, 0.15) is 24.5 Å². The summed E-state index contributed by atoms with van der Waals surface area (Å²) < 4.78 is 0. The molecule has 0 saturated heterocycles. The minimum atomic E-state index is 0.608. The smallest absolute Gasteiger partial charge is 0.0110 e. The van der Waals surface area contributed by atoms with Crippen molar-refractivity contribution >= 4 is 6.08 Å². The molecule has 0 aromatic heterocycles. The Morgan fingerprint density at radius 2 is 1.92 bits per heavy atom. The SMILES string of the molecule is CCCc1ccc(C=CCN)cc1. The van der Waals surface area contributed by atoms with E-state index in [0.717, 1.165) is 0 Å². The minimum Gasteiger partial charge on any atom is -0.327 e. The van der Waals surface area contributed by atoms with Gasteiger partial charge in [0.15, 0.2) is 0 Å². The van der Waals surface area contributed by atoms with Crippen molar-refractivity contribution in [1.82, 2.24) is 0 Å². The van der Waals surface area contributed by atoms with Crippen LogP contribution in [0.5, 0.6) is 0 Å². The predicted molar refractivity (Wildman–Crippen MR) is 58.5 cm³/mol. The van der Waals surface area contributed by atoms with Crippen LogP contribution in [-0.4, -0.2) is 6.54 Å². The maximum atomic E-state index is 5.37. The van der Waals surface area contributed by atoms with Gasteiger partial charge in [0.2, 0.25) is 0 Å². The van der Waals surface area contributed by atoms with E-state index in [-0.39, 0.29) is 0 Å². The number of hydrogen-bond donors (Lipinski definition) is 1. The lowest BCUT2D eigenvalue weighted by atomic mass is 10.1. The van der Waals surface area contributed by atoms with Gasteiger partial charge in [-0.2, -0.15) is 0 Å². The zero-order valence-electron chi connectivity index (χ0n) is 8.16. The standard InChI is InChI=1S/C12H17N/c1-2-4-11-6-8-12(9-7-11)5-3-10-13/h3,5-9H,2,4,10,13H2,1H3. The van der Waals surface area contributed by atoms with Gasteiger partial charge in [0.05, 0.1) is 0 Å². The zero-order valence-corrected chi connectivity index (χ0v) is 8.16. The van der Waals surface area contributed by atoms with Crippen LogP contribution in [0.4, 0.5) is 0 Å². The highest BCUT2D eigenvalue weighted by Crippen LogP contribution is 2.07. The van der Waals surface area contributed by atoms with Crippen molar-refractivity contribution in [2.75, 3.05) is 6.54 Å². The Labute approximate surface area is 80.3 Å². The Hall–Kier alpha value is -1.08. The highest BCUT2D eigenvalue weighted by atomic mass is 14.5. The average Bonchev–Trinajstić information content (AvgIpc) is 2.17. The van der Waals surface area contributed by atoms with E-state index in [1.54, 1.807) is 0 Å². The quantitative estimate of drug-likeness (QED) is 0.748. The van der Waals surface area contributed by atoms with Gasteiger partial charge in [0, 0.05) is 6.54 Å². The first-order valence-electron chi connectivity index (χ1n) is 4.82. The number of hydrogen-bond acceptors (Lipinski definition) is 1. The predicted octanol–water partition coefficient (Wildman–Crippen LogP) is 2.61. The molecule has 0 unspecified atom stereocenters. The van der Waals surface area contributed by atoms with Crippen molar-refractivity contribution in [1.29, 1.82) is 0 Å². The molecule has 13 heavy (non-hydrogen) atoms. The van der Waals surface area contributed by atoms with E-state index in [1.807, 2.05) is 6.08 Å². The lowest BCUT2D eigenvalue weighted by Crippen LogP contribution is -1.91. The molecule has 0 aliphatic carbocycles. The third-order valence-corrected chi connectivity index (χ3v) is 1.96. The fourth-order valence-corrected chi connectivity index (χ4v) is 1.29. The van der Waals surface area contributed by atoms with Gasteiger partial charge < -0.3 is 5.73 Å². The normalized spacial score (nSPS) is 10.9. The summed E-state index contributed by atoms with van der Waals surface area (Å²) in [6.07, 6.45) is 6.39. The summed E-state index contributed by atoms with van der Waals surface area (Å²) in [5, 5.41) is 0. The first-order valence-corrected chi connectivity index (χ1v) is 4.82. The molecule has 1 nitrogen and oxygen atoms in total. The van der Waals surface area contributed by atoms with Gasteiger partial charge in [-0.05, 0) is 17.5 Å². The molecule has 0 amide bonds. The van der Waals surface area contributed by atoms with Crippen molar-refractivity contribution < 1.29 is 0 Å². The van der Waals surface area contributed by atoms with Gasteiger partial charge in [0.1, 0.15) is 0 Å². The molecule has 0 aliphatic heterocycles. The second kappa shape index (κ2) is 5.55. The third-order valence-electron chi connectivity index (χ3n) is 1.96. The average molecular weight is 175 g/mol.